The van der Waals surface area contributed by atoms with Gasteiger partial charge in [-0.25, -0.2) is 0 Å². The maximum absolute atomic E-state index is 4.87. The summed E-state index contributed by atoms with van der Waals surface area (Å²) in [7, 11) is 1.97. The Bertz CT molecular complexity index is 1080. The van der Waals surface area contributed by atoms with Gasteiger partial charge in [-0.05, 0) is 18.9 Å². The molecule has 4 heterocycles. The van der Waals surface area contributed by atoms with Crippen LogP contribution >= 0.6 is 0 Å². The first-order chi connectivity index (χ1) is 12.2. The van der Waals surface area contributed by atoms with E-state index in [9.17, 15) is 0 Å². The van der Waals surface area contributed by atoms with Crippen LogP contribution in [0.2, 0.25) is 0 Å². The van der Waals surface area contributed by atoms with Gasteiger partial charge in [-0.15, -0.1) is 15.3 Å². The molecule has 1 aliphatic rings. The number of benzene rings is 1. The third-order valence-electron chi connectivity index (χ3n) is 5.08. The Morgan fingerprint density at radius 2 is 1.96 bits per heavy atom. The number of aromatic nitrogens is 6. The molecule has 0 bridgehead atoms. The van der Waals surface area contributed by atoms with Gasteiger partial charge in [-0.2, -0.15) is 9.61 Å². The zero-order valence-electron chi connectivity index (χ0n) is 14.3. The van der Waals surface area contributed by atoms with Gasteiger partial charge in [0.05, 0.1) is 6.20 Å². The molecule has 1 aliphatic heterocycles. The second kappa shape index (κ2) is 5.27. The number of fused-ring (bicyclic) bond motifs is 3. The molecular weight excluding hydrogens is 314 g/mol. The molecule has 7 nitrogen and oxygen atoms in total. The Morgan fingerprint density at radius 3 is 2.76 bits per heavy atom. The molecule has 1 saturated heterocycles. The van der Waals surface area contributed by atoms with Gasteiger partial charge in [-0.3, -0.25) is 4.68 Å². The lowest BCUT2D eigenvalue weighted by atomic mass is 10.0. The lowest BCUT2D eigenvalue weighted by molar-refractivity contribution is 0.753. The van der Waals surface area contributed by atoms with Crippen LogP contribution in [-0.2, 0) is 7.05 Å². The highest BCUT2D eigenvalue weighted by Gasteiger charge is 2.27. The normalized spacial score (nSPS) is 17.8. The first kappa shape index (κ1) is 14.4. The molecule has 25 heavy (non-hydrogen) atoms. The second-order valence-electron chi connectivity index (χ2n) is 6.73. The standard InChI is InChI=1S/C18H19N7/c1-12-20-21-17-15-5-3-4-6-16(15)18(22-25(12)17)24-8-7-13(11-24)14-9-19-23(2)10-14/h3-6,9-10,13H,7-8,11H2,1-2H3/t13-/m0/s1. The Balaban J connectivity index is 1.61. The molecule has 1 atom stereocenters. The minimum Gasteiger partial charge on any atom is -0.354 e. The van der Waals surface area contributed by atoms with E-state index >= 15 is 0 Å². The van der Waals surface area contributed by atoms with Crippen molar-refractivity contribution in [3.63, 3.8) is 0 Å². The van der Waals surface area contributed by atoms with Crippen LogP contribution < -0.4 is 4.90 Å². The van der Waals surface area contributed by atoms with E-state index in [1.807, 2.05) is 35.4 Å². The smallest absolute Gasteiger partial charge is 0.185 e. The van der Waals surface area contributed by atoms with Gasteiger partial charge in [0, 0.05) is 43.0 Å². The van der Waals surface area contributed by atoms with Crippen molar-refractivity contribution in [2.45, 2.75) is 19.3 Å². The van der Waals surface area contributed by atoms with Gasteiger partial charge >= 0.3 is 0 Å². The summed E-state index contributed by atoms with van der Waals surface area (Å²) in [4.78, 5) is 2.37. The van der Waals surface area contributed by atoms with E-state index in [1.54, 1.807) is 0 Å². The Labute approximate surface area is 144 Å². The van der Waals surface area contributed by atoms with Crippen molar-refractivity contribution < 1.29 is 0 Å². The van der Waals surface area contributed by atoms with Crippen molar-refractivity contribution in [1.29, 1.82) is 0 Å². The summed E-state index contributed by atoms with van der Waals surface area (Å²) in [6, 6.07) is 8.32. The van der Waals surface area contributed by atoms with E-state index in [1.165, 1.54) is 5.56 Å². The predicted molar refractivity (Wildman–Crippen MR) is 95.8 cm³/mol. The summed E-state index contributed by atoms with van der Waals surface area (Å²) < 4.78 is 3.73. The van der Waals surface area contributed by atoms with Gasteiger partial charge in [0.25, 0.3) is 0 Å². The van der Waals surface area contributed by atoms with Gasteiger partial charge in [0.1, 0.15) is 0 Å². The highest BCUT2D eigenvalue weighted by molar-refractivity contribution is 6.00. The van der Waals surface area contributed by atoms with E-state index in [2.05, 4.69) is 44.6 Å². The third-order valence-corrected chi connectivity index (χ3v) is 5.08. The molecule has 0 unspecified atom stereocenters. The molecule has 0 N–H and O–H groups in total. The van der Waals surface area contributed by atoms with E-state index in [0.717, 1.165) is 47.6 Å². The monoisotopic (exact) mass is 333 g/mol. The van der Waals surface area contributed by atoms with Crippen LogP contribution in [0.25, 0.3) is 16.4 Å². The molecule has 0 saturated carbocycles. The van der Waals surface area contributed by atoms with Crippen LogP contribution in [0.5, 0.6) is 0 Å². The Morgan fingerprint density at radius 1 is 1.12 bits per heavy atom. The van der Waals surface area contributed by atoms with Crippen molar-refractivity contribution in [3.05, 3.63) is 48.0 Å². The molecule has 0 spiro atoms. The van der Waals surface area contributed by atoms with E-state index in [4.69, 9.17) is 5.10 Å². The Kier molecular flexibility index (Phi) is 3.03. The van der Waals surface area contributed by atoms with Crippen LogP contribution in [0, 0.1) is 6.92 Å². The summed E-state index contributed by atoms with van der Waals surface area (Å²) in [5.74, 6) is 2.31. The maximum atomic E-state index is 4.87. The predicted octanol–water partition coefficient (Wildman–Crippen LogP) is 2.31. The van der Waals surface area contributed by atoms with Crippen molar-refractivity contribution in [2.75, 3.05) is 18.0 Å². The fraction of sp³-hybridized carbons (Fsp3) is 0.333. The van der Waals surface area contributed by atoms with Crippen molar-refractivity contribution in [2.24, 2.45) is 7.05 Å². The summed E-state index contributed by atoms with van der Waals surface area (Å²) in [6.45, 7) is 3.88. The van der Waals surface area contributed by atoms with Crippen LogP contribution in [0.15, 0.2) is 36.7 Å². The summed E-state index contributed by atoms with van der Waals surface area (Å²) in [5.41, 5.74) is 2.12. The molecule has 126 valence electrons. The zero-order valence-corrected chi connectivity index (χ0v) is 14.3. The molecule has 3 aromatic heterocycles. The van der Waals surface area contributed by atoms with E-state index in [0.29, 0.717) is 5.92 Å². The SMILES string of the molecule is Cc1nnc2c3ccccc3c(N3CC[C@H](c4cnn(C)c4)C3)nn12. The number of hydrogen-bond donors (Lipinski definition) is 0. The zero-order chi connectivity index (χ0) is 17.0. The summed E-state index contributed by atoms with van der Waals surface area (Å²) in [6.07, 6.45) is 5.21. The lowest BCUT2D eigenvalue weighted by Crippen LogP contribution is -2.22. The average molecular weight is 333 g/mol. The van der Waals surface area contributed by atoms with E-state index < -0.39 is 0 Å². The first-order valence-corrected chi connectivity index (χ1v) is 8.55. The highest BCUT2D eigenvalue weighted by Crippen LogP contribution is 2.34. The van der Waals surface area contributed by atoms with Gasteiger partial charge < -0.3 is 4.90 Å². The van der Waals surface area contributed by atoms with Crippen LogP contribution in [0.3, 0.4) is 0 Å². The molecule has 4 aromatic rings. The van der Waals surface area contributed by atoms with Crippen LogP contribution in [0.4, 0.5) is 5.82 Å². The second-order valence-corrected chi connectivity index (χ2v) is 6.73. The molecule has 5 rings (SSSR count). The van der Waals surface area contributed by atoms with E-state index in [-0.39, 0.29) is 0 Å². The minimum absolute atomic E-state index is 0.493. The van der Waals surface area contributed by atoms with Crippen molar-refractivity contribution >= 4 is 22.2 Å². The molecule has 0 radical (unpaired) electrons. The first-order valence-electron chi connectivity index (χ1n) is 8.55. The van der Waals surface area contributed by atoms with Crippen LogP contribution in [-0.4, -0.2) is 42.7 Å². The molecular formula is C18H19N7. The third kappa shape index (κ3) is 2.19. The van der Waals surface area contributed by atoms with Gasteiger partial charge in [-0.1, -0.05) is 24.3 Å². The molecule has 1 aromatic carbocycles. The maximum Gasteiger partial charge on any atom is 0.185 e. The number of hydrogen-bond acceptors (Lipinski definition) is 5. The summed E-state index contributed by atoms with van der Waals surface area (Å²) in [5, 5.41) is 19.9. The molecule has 0 aliphatic carbocycles. The van der Waals surface area contributed by atoms with Crippen LogP contribution in [0.1, 0.15) is 23.7 Å². The fourth-order valence-corrected chi connectivity index (χ4v) is 3.78. The molecule has 0 amide bonds. The number of nitrogens with zero attached hydrogens (tertiary/aromatic N) is 7. The minimum atomic E-state index is 0.493. The largest absolute Gasteiger partial charge is 0.354 e. The number of anilines is 1. The highest BCUT2D eigenvalue weighted by atomic mass is 15.4. The lowest BCUT2D eigenvalue weighted by Gasteiger charge is -2.19. The molecule has 1 fully saturated rings. The quantitative estimate of drug-likeness (QED) is 0.563. The van der Waals surface area contributed by atoms with Crippen molar-refractivity contribution in [3.8, 4) is 0 Å². The fourth-order valence-electron chi connectivity index (χ4n) is 3.78. The van der Waals surface area contributed by atoms with Gasteiger partial charge in [0.15, 0.2) is 17.3 Å². The van der Waals surface area contributed by atoms with Crippen molar-refractivity contribution in [1.82, 2.24) is 29.6 Å². The Hall–Kier alpha value is -2.96. The number of aryl methyl sites for hydroxylation is 2. The molecule has 7 heteroatoms. The van der Waals surface area contributed by atoms with Gasteiger partial charge in [0.2, 0.25) is 0 Å². The summed E-state index contributed by atoms with van der Waals surface area (Å²) >= 11 is 0. The number of rotatable bonds is 2. The average Bonchev–Trinajstić information content (AvgIpc) is 3.34. The topological polar surface area (TPSA) is 64.1 Å².